The Morgan fingerprint density at radius 1 is 0.686 bits per heavy atom. The van der Waals surface area contributed by atoms with Crippen LogP contribution in [0.15, 0.2) is 53.6 Å². The first-order valence-corrected chi connectivity index (χ1v) is 15.8. The fourth-order valence-electron chi connectivity index (χ4n) is 4.57. The Kier molecular flexibility index (Phi) is 9.79. The molecule has 3 heterocycles. The number of fused-ring (bicyclic) bond motifs is 3. The second-order valence-electron chi connectivity index (χ2n) is 9.13. The van der Waals surface area contributed by atoms with Gasteiger partial charge in [0.25, 0.3) is 11.1 Å². The van der Waals surface area contributed by atoms with Crippen LogP contribution in [0.5, 0.6) is 0 Å². The van der Waals surface area contributed by atoms with Crippen molar-refractivity contribution in [3.05, 3.63) is 70.2 Å². The van der Waals surface area contributed by atoms with Gasteiger partial charge in [0, 0.05) is 0 Å². The Morgan fingerprint density at radius 2 is 1.14 bits per heavy atom. The van der Waals surface area contributed by atoms with Crippen molar-refractivity contribution in [2.45, 2.75) is 77.6 Å². The van der Waals surface area contributed by atoms with E-state index in [4.69, 9.17) is 0 Å². The second kappa shape index (κ2) is 12.8. The van der Waals surface area contributed by atoms with Crippen molar-refractivity contribution in [2.75, 3.05) is 0 Å². The van der Waals surface area contributed by atoms with Gasteiger partial charge in [-0.25, -0.2) is 4.57 Å². The van der Waals surface area contributed by atoms with Gasteiger partial charge in [-0.05, 0) is 74.5 Å². The molecule has 0 aliphatic carbocycles. The zero-order valence-electron chi connectivity index (χ0n) is 20.1. The molecule has 0 saturated carbocycles. The van der Waals surface area contributed by atoms with E-state index in [-0.39, 0.29) is 11.1 Å². The molecule has 186 valence electrons. The van der Waals surface area contributed by atoms with Crippen LogP contribution >= 0.6 is 54.5 Å². The maximum atomic E-state index is 13.5. The fraction of sp³-hybridized carbons (Fsp3) is 0.429. The molecule has 0 aliphatic rings. The van der Waals surface area contributed by atoms with E-state index in [2.05, 4.69) is 50.9 Å². The van der Waals surface area contributed by atoms with Gasteiger partial charge in [-0.1, -0.05) is 76.8 Å². The largest absolute Gasteiger partial charge is 0.268 e. The molecule has 0 radical (unpaired) electrons. The molecule has 4 rings (SSSR count). The van der Waals surface area contributed by atoms with Crippen LogP contribution in [-0.2, 0) is 6.42 Å². The van der Waals surface area contributed by atoms with Crippen molar-refractivity contribution in [2.24, 2.45) is 0 Å². The van der Waals surface area contributed by atoms with Crippen molar-refractivity contribution in [3.8, 4) is 5.69 Å². The van der Waals surface area contributed by atoms with Crippen LogP contribution in [0.1, 0.15) is 76.7 Å². The molecule has 0 N–H and O–H groups in total. The van der Waals surface area contributed by atoms with Gasteiger partial charge in [-0.2, -0.15) is 0 Å². The van der Waals surface area contributed by atoms with Crippen LogP contribution in [0.3, 0.4) is 0 Å². The molecule has 35 heavy (non-hydrogen) atoms. The quantitative estimate of drug-likeness (QED) is 0.145. The van der Waals surface area contributed by atoms with Gasteiger partial charge in [-0.15, -0.1) is 22.7 Å². The van der Waals surface area contributed by atoms with Crippen molar-refractivity contribution < 1.29 is 0 Å². The smallest absolute Gasteiger partial charge is 0.266 e. The Hall–Kier alpha value is -1.28. The first-order valence-electron chi connectivity index (χ1n) is 12.6. The molecule has 0 fully saturated rings. The monoisotopic (exact) mass is 635 g/mol. The zero-order valence-corrected chi connectivity index (χ0v) is 24.9. The number of hydrogen-bond acceptors (Lipinski definition) is 4. The lowest BCUT2D eigenvalue weighted by molar-refractivity contribution is 0.556. The highest BCUT2D eigenvalue weighted by molar-refractivity contribution is 9.11. The standard InChI is InChI=1S/C28H31Br2NO2S2/c1-2-3-4-5-6-7-8-9-10-11-12-19-13-15-20(16-14-19)31-27(32)21-17-23(29)34-25(21)26-22(28(31)33)18-24(30)35-26/h13-18H,2-12H2,1H3. The van der Waals surface area contributed by atoms with Crippen LogP contribution in [0.25, 0.3) is 25.9 Å². The van der Waals surface area contributed by atoms with Crippen molar-refractivity contribution >= 4 is 74.7 Å². The summed E-state index contributed by atoms with van der Waals surface area (Å²) in [5.41, 5.74) is 1.33. The predicted molar refractivity (Wildman–Crippen MR) is 160 cm³/mol. The number of benzene rings is 1. The molecule has 0 aliphatic heterocycles. The summed E-state index contributed by atoms with van der Waals surface area (Å²) in [6.07, 6.45) is 14.3. The maximum absolute atomic E-state index is 13.5. The average Bonchev–Trinajstić information content (AvgIpc) is 3.41. The van der Waals surface area contributed by atoms with Crippen LogP contribution in [0, 0.1) is 0 Å². The number of aromatic nitrogens is 1. The average molecular weight is 638 g/mol. The minimum atomic E-state index is -0.270. The van der Waals surface area contributed by atoms with Crippen LogP contribution in [0.4, 0.5) is 0 Å². The number of thiophene rings is 2. The van der Waals surface area contributed by atoms with Gasteiger partial charge < -0.3 is 0 Å². The Balaban J connectivity index is 1.45. The van der Waals surface area contributed by atoms with Crippen molar-refractivity contribution in [1.82, 2.24) is 4.57 Å². The number of hydrogen-bond donors (Lipinski definition) is 0. The third kappa shape index (κ3) is 6.54. The zero-order chi connectivity index (χ0) is 24.8. The number of rotatable bonds is 12. The van der Waals surface area contributed by atoms with E-state index in [0.717, 1.165) is 23.4 Å². The molecule has 0 unspecified atom stereocenters. The summed E-state index contributed by atoms with van der Waals surface area (Å²) in [6.45, 7) is 2.26. The first kappa shape index (κ1) is 26.8. The molecule has 4 aromatic rings. The van der Waals surface area contributed by atoms with Crippen molar-refractivity contribution in [1.29, 1.82) is 0 Å². The normalized spacial score (nSPS) is 11.6. The lowest BCUT2D eigenvalue weighted by Gasteiger charge is -2.06. The van der Waals surface area contributed by atoms with Crippen molar-refractivity contribution in [3.63, 3.8) is 0 Å². The van der Waals surface area contributed by atoms with E-state index in [0.29, 0.717) is 16.5 Å². The lowest BCUT2D eigenvalue weighted by Crippen LogP contribution is -2.28. The molecule has 0 amide bonds. The molecule has 7 heteroatoms. The molecule has 3 aromatic heterocycles. The number of halogens is 2. The highest BCUT2D eigenvalue weighted by Gasteiger charge is 2.17. The van der Waals surface area contributed by atoms with Gasteiger partial charge in [0.1, 0.15) is 0 Å². The predicted octanol–water partition coefficient (Wildman–Crippen LogP) is 9.62. The summed E-state index contributed by atoms with van der Waals surface area (Å²) in [7, 11) is 0. The summed E-state index contributed by atoms with van der Waals surface area (Å²) in [6, 6.07) is 11.6. The molecule has 1 aromatic carbocycles. The van der Waals surface area contributed by atoms with Gasteiger partial charge in [-0.3, -0.25) is 9.59 Å². The molecule has 0 spiro atoms. The summed E-state index contributed by atoms with van der Waals surface area (Å²) >= 11 is 10.0. The minimum Gasteiger partial charge on any atom is -0.268 e. The van der Waals surface area contributed by atoms with Crippen LogP contribution < -0.4 is 11.1 Å². The molecular formula is C28H31Br2NO2S2. The number of nitrogens with zero attached hydrogens (tertiary/aromatic N) is 1. The van der Waals surface area contributed by atoms with Crippen LogP contribution in [-0.4, -0.2) is 4.57 Å². The summed E-state index contributed by atoms with van der Waals surface area (Å²) in [5.74, 6) is 0. The second-order valence-corrected chi connectivity index (χ2v) is 14.0. The molecule has 0 saturated heterocycles. The maximum Gasteiger partial charge on any atom is 0.266 e. The SMILES string of the molecule is CCCCCCCCCCCCc1ccc(-n2c(=O)c3cc(Br)sc3c3sc(Br)cc3c2=O)cc1. The first-order chi connectivity index (χ1) is 17.0. The minimum absolute atomic E-state index is 0.270. The third-order valence-corrected chi connectivity index (χ3v) is 9.93. The van der Waals surface area contributed by atoms with Gasteiger partial charge in [0.05, 0.1) is 33.4 Å². The Bertz CT molecular complexity index is 1330. The van der Waals surface area contributed by atoms with E-state index in [9.17, 15) is 9.59 Å². The third-order valence-electron chi connectivity index (χ3n) is 6.49. The van der Waals surface area contributed by atoms with Crippen LogP contribution in [0.2, 0.25) is 0 Å². The molecule has 0 atom stereocenters. The van der Waals surface area contributed by atoms with Gasteiger partial charge in [0.15, 0.2) is 0 Å². The van der Waals surface area contributed by atoms with Gasteiger partial charge in [0.2, 0.25) is 0 Å². The van der Waals surface area contributed by atoms with E-state index in [1.54, 1.807) is 0 Å². The molecule has 3 nitrogen and oxygen atoms in total. The Morgan fingerprint density at radius 3 is 1.63 bits per heavy atom. The highest BCUT2D eigenvalue weighted by atomic mass is 79.9. The molecular weight excluding hydrogens is 606 g/mol. The van der Waals surface area contributed by atoms with E-state index in [1.807, 2.05) is 24.3 Å². The number of aryl methyl sites for hydroxylation is 1. The number of unbranched alkanes of at least 4 members (excludes halogenated alkanes) is 9. The summed E-state index contributed by atoms with van der Waals surface area (Å²) in [5, 5.41) is 1.13. The summed E-state index contributed by atoms with van der Waals surface area (Å²) < 4.78 is 4.79. The fourth-order valence-corrected chi connectivity index (χ4v) is 7.91. The topological polar surface area (TPSA) is 39.1 Å². The van der Waals surface area contributed by atoms with E-state index in [1.165, 1.54) is 97.0 Å². The van der Waals surface area contributed by atoms with E-state index >= 15 is 0 Å². The Labute approximate surface area is 231 Å². The lowest BCUT2D eigenvalue weighted by atomic mass is 10.0. The molecule has 0 bridgehead atoms. The highest BCUT2D eigenvalue weighted by Crippen LogP contribution is 2.37. The summed E-state index contributed by atoms with van der Waals surface area (Å²) in [4.78, 5) is 26.9. The van der Waals surface area contributed by atoms with Gasteiger partial charge >= 0.3 is 0 Å². The van der Waals surface area contributed by atoms with E-state index < -0.39 is 0 Å².